The summed E-state index contributed by atoms with van der Waals surface area (Å²) in [5, 5.41) is 7.44. The molecule has 5 nitrogen and oxygen atoms in total. The predicted octanol–water partition coefficient (Wildman–Crippen LogP) is 12.8. The molecule has 0 aliphatic rings. The molecular weight excluding hydrogens is 691 g/mol. The van der Waals surface area contributed by atoms with Gasteiger partial charge in [-0.05, 0) is 59.2 Å². The van der Waals surface area contributed by atoms with E-state index >= 15 is 0 Å². The van der Waals surface area contributed by atoms with Crippen molar-refractivity contribution in [1.82, 2.24) is 23.9 Å². The van der Waals surface area contributed by atoms with E-state index in [0.717, 1.165) is 32.9 Å². The Bertz CT molecular complexity index is 3360. The van der Waals surface area contributed by atoms with Crippen molar-refractivity contribution in [3.8, 4) is 50.3 Å². The average molecular weight is 720 g/mol. The van der Waals surface area contributed by atoms with Crippen LogP contribution in [0.5, 0.6) is 0 Å². The zero-order chi connectivity index (χ0) is 36.0. The van der Waals surface area contributed by atoms with Crippen LogP contribution in [0.2, 0.25) is 0 Å². The van der Waals surface area contributed by atoms with Crippen LogP contribution in [0.1, 0.15) is 0 Å². The van der Waals surface area contributed by atoms with Gasteiger partial charge in [0.05, 0.1) is 22.1 Å². The van der Waals surface area contributed by atoms with Crippen LogP contribution < -0.4 is 0 Å². The standard InChI is InChI=1S/C49H29N5S/c1-4-14-30(15-5-1)44-29-40-39-28-34(27-38-36-21-11-13-23-42(36)54(45(38)39)48(40)55-44)33-24-25-43-37(26-33)35-20-10-12-22-41(35)53(43)49-51-46(31-16-6-2-7-17-31)50-47(52-49)32-18-8-3-9-19-32/h1-29H. The lowest BCUT2D eigenvalue weighted by Crippen LogP contribution is -2.06. The van der Waals surface area contributed by atoms with Crippen molar-refractivity contribution in [3.63, 3.8) is 0 Å². The third kappa shape index (κ3) is 4.55. The molecule has 0 N–H and O–H groups in total. The fraction of sp³-hybridized carbons (Fsp3) is 0. The average Bonchev–Trinajstić information content (AvgIpc) is 4.01. The van der Waals surface area contributed by atoms with E-state index in [1.165, 1.54) is 59.0 Å². The van der Waals surface area contributed by atoms with Gasteiger partial charge in [0.2, 0.25) is 5.95 Å². The number of hydrogen-bond acceptors (Lipinski definition) is 4. The monoisotopic (exact) mass is 719 g/mol. The largest absolute Gasteiger partial charge is 0.299 e. The molecule has 0 saturated carbocycles. The maximum atomic E-state index is 5.12. The van der Waals surface area contributed by atoms with E-state index in [4.69, 9.17) is 15.0 Å². The predicted molar refractivity (Wildman–Crippen MR) is 228 cm³/mol. The van der Waals surface area contributed by atoms with E-state index in [0.29, 0.717) is 17.6 Å². The van der Waals surface area contributed by atoms with E-state index in [9.17, 15) is 0 Å². The Balaban J connectivity index is 1.09. The molecule has 0 fully saturated rings. The highest BCUT2D eigenvalue weighted by Gasteiger charge is 2.22. The Morgan fingerprint density at radius 3 is 1.56 bits per heavy atom. The summed E-state index contributed by atoms with van der Waals surface area (Å²) < 4.78 is 4.67. The van der Waals surface area contributed by atoms with E-state index in [-0.39, 0.29) is 0 Å². The number of nitrogens with zero attached hydrogens (tertiary/aromatic N) is 5. The van der Waals surface area contributed by atoms with E-state index in [1.807, 2.05) is 72.0 Å². The van der Waals surface area contributed by atoms with Gasteiger partial charge in [0.1, 0.15) is 4.83 Å². The van der Waals surface area contributed by atoms with Gasteiger partial charge in [-0.1, -0.05) is 133 Å². The topological polar surface area (TPSA) is 48.0 Å². The first-order valence-corrected chi connectivity index (χ1v) is 19.3. The van der Waals surface area contributed by atoms with Crippen LogP contribution in [0.4, 0.5) is 0 Å². The number of hydrogen-bond donors (Lipinski definition) is 0. The summed E-state index contributed by atoms with van der Waals surface area (Å²) in [6, 6.07) is 62.4. The normalized spacial score (nSPS) is 12.0. The zero-order valence-corrected chi connectivity index (χ0v) is 30.2. The molecule has 0 aliphatic heterocycles. The smallest absolute Gasteiger partial charge is 0.238 e. The quantitative estimate of drug-likeness (QED) is 0.178. The van der Waals surface area contributed by atoms with Crippen LogP contribution in [0.25, 0.3) is 110 Å². The number of rotatable bonds is 5. The third-order valence-corrected chi connectivity index (χ3v) is 12.1. The molecule has 6 heteroatoms. The van der Waals surface area contributed by atoms with Crippen molar-refractivity contribution < 1.29 is 0 Å². The molecule has 12 aromatic rings. The van der Waals surface area contributed by atoms with Gasteiger partial charge in [-0.15, -0.1) is 11.3 Å². The molecule has 0 bridgehead atoms. The number of fused-ring (bicyclic) bond motifs is 9. The van der Waals surface area contributed by atoms with Crippen LogP contribution in [0.3, 0.4) is 0 Å². The number of thiophene rings is 1. The Hall–Kier alpha value is -7.15. The van der Waals surface area contributed by atoms with E-state index < -0.39 is 0 Å². The first-order chi connectivity index (χ1) is 27.3. The summed E-state index contributed by atoms with van der Waals surface area (Å²) in [4.78, 5) is 17.8. The molecule has 0 spiro atoms. The highest BCUT2D eigenvalue weighted by atomic mass is 32.1. The fourth-order valence-electron chi connectivity index (χ4n) is 8.43. The third-order valence-electron chi connectivity index (χ3n) is 10.9. The zero-order valence-electron chi connectivity index (χ0n) is 29.4. The van der Waals surface area contributed by atoms with Crippen LogP contribution in [0, 0.1) is 0 Å². The lowest BCUT2D eigenvalue weighted by atomic mass is 9.98. The first-order valence-electron chi connectivity index (χ1n) is 18.4. The van der Waals surface area contributed by atoms with Gasteiger partial charge >= 0.3 is 0 Å². The second-order valence-electron chi connectivity index (χ2n) is 14.1. The minimum absolute atomic E-state index is 0.591. The van der Waals surface area contributed by atoms with Crippen LogP contribution in [-0.2, 0) is 0 Å². The lowest BCUT2D eigenvalue weighted by Gasteiger charge is -2.11. The summed E-state index contributed by atoms with van der Waals surface area (Å²) >= 11 is 1.87. The molecule has 0 unspecified atom stereocenters. The van der Waals surface area contributed by atoms with Crippen molar-refractivity contribution in [2.24, 2.45) is 0 Å². The SMILES string of the molecule is c1ccc(-c2nc(-c3ccccc3)nc(-n3c4ccccc4c4cc(-c5cc6c7ccccc7n7c8sc(-c9ccccc9)cc8c(c5)c67)ccc43)n2)cc1. The molecule has 5 heterocycles. The van der Waals surface area contributed by atoms with Gasteiger partial charge in [-0.25, -0.2) is 4.98 Å². The Labute approximate surface area is 319 Å². The minimum Gasteiger partial charge on any atom is -0.299 e. The van der Waals surface area contributed by atoms with Crippen molar-refractivity contribution >= 4 is 70.6 Å². The van der Waals surface area contributed by atoms with Crippen LogP contribution in [-0.4, -0.2) is 23.9 Å². The van der Waals surface area contributed by atoms with E-state index in [2.05, 4.69) is 124 Å². The molecular formula is C49H29N5S. The van der Waals surface area contributed by atoms with Gasteiger partial charge < -0.3 is 0 Å². The molecule has 0 radical (unpaired) electrons. The van der Waals surface area contributed by atoms with Crippen molar-refractivity contribution in [3.05, 3.63) is 176 Å². The number of para-hydroxylation sites is 2. The van der Waals surface area contributed by atoms with Crippen molar-refractivity contribution in [2.45, 2.75) is 0 Å². The maximum Gasteiger partial charge on any atom is 0.238 e. The van der Waals surface area contributed by atoms with Crippen molar-refractivity contribution in [2.75, 3.05) is 0 Å². The first kappa shape index (κ1) is 30.3. The fourth-order valence-corrected chi connectivity index (χ4v) is 9.63. The summed E-state index contributed by atoms with van der Waals surface area (Å²) in [6.07, 6.45) is 0. The van der Waals surface area contributed by atoms with Gasteiger partial charge in [0.15, 0.2) is 11.6 Å². The maximum absolute atomic E-state index is 5.12. The molecule has 0 atom stereocenters. The molecule has 0 amide bonds. The van der Waals surface area contributed by atoms with Crippen LogP contribution >= 0.6 is 11.3 Å². The second kappa shape index (κ2) is 11.7. The Morgan fingerprint density at radius 1 is 0.364 bits per heavy atom. The van der Waals surface area contributed by atoms with Gasteiger partial charge in [0, 0.05) is 48.3 Å². The minimum atomic E-state index is 0.591. The summed E-state index contributed by atoms with van der Waals surface area (Å²) in [6.45, 7) is 0. The lowest BCUT2D eigenvalue weighted by molar-refractivity contribution is 0.953. The second-order valence-corrected chi connectivity index (χ2v) is 15.1. The van der Waals surface area contributed by atoms with Gasteiger partial charge in [-0.3, -0.25) is 8.97 Å². The van der Waals surface area contributed by atoms with Crippen LogP contribution in [0.15, 0.2) is 176 Å². The molecule has 7 aromatic carbocycles. The van der Waals surface area contributed by atoms with Crippen molar-refractivity contribution in [1.29, 1.82) is 0 Å². The molecule has 0 aliphatic carbocycles. The Morgan fingerprint density at radius 2 is 0.891 bits per heavy atom. The van der Waals surface area contributed by atoms with E-state index in [1.54, 1.807) is 0 Å². The summed E-state index contributed by atoms with van der Waals surface area (Å²) in [5.74, 6) is 1.87. The van der Waals surface area contributed by atoms with Gasteiger partial charge in [0.25, 0.3) is 0 Å². The molecule has 55 heavy (non-hydrogen) atoms. The molecule has 5 aromatic heterocycles. The Kier molecular flexibility index (Phi) is 6.44. The molecule has 256 valence electrons. The number of aromatic nitrogens is 5. The number of benzene rings is 7. The molecule has 12 rings (SSSR count). The summed E-state index contributed by atoms with van der Waals surface area (Å²) in [7, 11) is 0. The highest BCUT2D eigenvalue weighted by molar-refractivity contribution is 7.22. The summed E-state index contributed by atoms with van der Waals surface area (Å²) in [5.41, 5.74) is 10.1. The van der Waals surface area contributed by atoms with Gasteiger partial charge in [-0.2, -0.15) is 9.97 Å². The highest BCUT2D eigenvalue weighted by Crippen LogP contribution is 2.46. The molecule has 0 saturated heterocycles.